The molecule has 1 aromatic carbocycles. The van der Waals surface area contributed by atoms with Gasteiger partial charge >= 0.3 is 0 Å². The Morgan fingerprint density at radius 2 is 2.31 bits per heavy atom. The zero-order valence-corrected chi connectivity index (χ0v) is 8.95. The Labute approximate surface area is 83.9 Å². The number of benzene rings is 1. The fourth-order valence-electron chi connectivity index (χ4n) is 2.01. The van der Waals surface area contributed by atoms with Crippen LogP contribution in [0.25, 0.3) is 0 Å². The van der Waals surface area contributed by atoms with Gasteiger partial charge in [0.25, 0.3) is 0 Å². The van der Waals surface area contributed by atoms with E-state index in [2.05, 4.69) is 36.7 Å². The van der Waals surface area contributed by atoms with Gasteiger partial charge in [-0.05, 0) is 29.4 Å². The molecule has 2 heteroatoms. The summed E-state index contributed by atoms with van der Waals surface area (Å²) in [4.78, 5) is 1.45. The van der Waals surface area contributed by atoms with E-state index in [1.54, 1.807) is 5.56 Å². The molecule has 1 N–H and O–H groups in total. The van der Waals surface area contributed by atoms with E-state index in [0.29, 0.717) is 5.92 Å². The molecule has 1 nitrogen and oxygen atoms in total. The summed E-state index contributed by atoms with van der Waals surface area (Å²) >= 11 is 1.86. The summed E-state index contributed by atoms with van der Waals surface area (Å²) in [6, 6.07) is 6.62. The van der Waals surface area contributed by atoms with Gasteiger partial charge in [0.05, 0.1) is 0 Å². The molecule has 1 atom stereocenters. The minimum atomic E-state index is 0.660. The molecule has 1 aliphatic heterocycles. The Morgan fingerprint density at radius 1 is 1.46 bits per heavy atom. The zero-order valence-electron chi connectivity index (χ0n) is 8.13. The Hall–Kier alpha value is -0.470. The summed E-state index contributed by atoms with van der Waals surface area (Å²) in [7, 11) is 0. The van der Waals surface area contributed by atoms with Crippen molar-refractivity contribution in [3.05, 3.63) is 29.3 Å². The smallest absolute Gasteiger partial charge is 0.0208 e. The van der Waals surface area contributed by atoms with E-state index >= 15 is 0 Å². The van der Waals surface area contributed by atoms with Crippen LogP contribution in [0.15, 0.2) is 23.1 Å². The summed E-state index contributed by atoms with van der Waals surface area (Å²) in [6.45, 7) is 4.45. The molecule has 0 aliphatic carbocycles. The molecule has 1 unspecified atom stereocenters. The average molecular weight is 193 g/mol. The molecule has 1 aliphatic rings. The lowest BCUT2D eigenvalue weighted by molar-refractivity contribution is 0.563. The van der Waals surface area contributed by atoms with Crippen molar-refractivity contribution in [1.29, 1.82) is 0 Å². The van der Waals surface area contributed by atoms with Crippen molar-refractivity contribution < 1.29 is 0 Å². The maximum Gasteiger partial charge on any atom is 0.0208 e. The number of fused-ring (bicyclic) bond motifs is 1. The van der Waals surface area contributed by atoms with Gasteiger partial charge in [0, 0.05) is 18.0 Å². The van der Waals surface area contributed by atoms with Crippen molar-refractivity contribution in [2.45, 2.75) is 24.3 Å². The van der Waals surface area contributed by atoms with Crippen LogP contribution in [0.1, 0.15) is 24.0 Å². The quantitative estimate of drug-likeness (QED) is 0.688. The highest BCUT2D eigenvalue weighted by Gasteiger charge is 2.18. The summed E-state index contributed by atoms with van der Waals surface area (Å²) in [5.74, 6) is 0.660. The van der Waals surface area contributed by atoms with E-state index in [9.17, 15) is 0 Å². The van der Waals surface area contributed by atoms with Crippen LogP contribution in [0.3, 0.4) is 0 Å². The van der Waals surface area contributed by atoms with Gasteiger partial charge in [-0.2, -0.15) is 0 Å². The predicted octanol–water partition coefficient (Wildman–Crippen LogP) is 2.62. The topological polar surface area (TPSA) is 12.0 Å². The van der Waals surface area contributed by atoms with E-state index in [1.807, 2.05) is 11.8 Å². The molecule has 2 rings (SSSR count). The normalized spacial score (nSPS) is 21.2. The van der Waals surface area contributed by atoms with E-state index in [1.165, 1.54) is 10.5 Å². The molecule has 13 heavy (non-hydrogen) atoms. The van der Waals surface area contributed by atoms with E-state index < -0.39 is 0 Å². The first-order chi connectivity index (χ1) is 6.33. The summed E-state index contributed by atoms with van der Waals surface area (Å²) in [5.41, 5.74) is 3.04. The fraction of sp³-hybridized carbons (Fsp3) is 0.455. The van der Waals surface area contributed by atoms with Crippen LogP contribution < -0.4 is 5.32 Å². The molecule has 0 bridgehead atoms. The van der Waals surface area contributed by atoms with Crippen molar-refractivity contribution in [2.24, 2.45) is 0 Å². The van der Waals surface area contributed by atoms with Crippen LogP contribution in [0.4, 0.5) is 0 Å². The second-order valence-corrected chi connectivity index (χ2v) is 4.41. The Balaban J connectivity index is 2.50. The van der Waals surface area contributed by atoms with Crippen LogP contribution in [0.2, 0.25) is 0 Å². The molecule has 0 spiro atoms. The largest absolute Gasteiger partial charge is 0.312 e. The van der Waals surface area contributed by atoms with Crippen LogP contribution in [-0.4, -0.2) is 12.8 Å². The molecule has 0 aromatic heterocycles. The van der Waals surface area contributed by atoms with Crippen molar-refractivity contribution >= 4 is 11.8 Å². The molecule has 0 fully saturated rings. The van der Waals surface area contributed by atoms with Gasteiger partial charge in [-0.25, -0.2) is 0 Å². The molecule has 0 saturated carbocycles. The van der Waals surface area contributed by atoms with Crippen molar-refractivity contribution in [3.8, 4) is 0 Å². The first-order valence-electron chi connectivity index (χ1n) is 4.69. The van der Waals surface area contributed by atoms with Crippen LogP contribution in [-0.2, 0) is 6.54 Å². The molecule has 0 amide bonds. The molecule has 1 heterocycles. The van der Waals surface area contributed by atoms with E-state index in [-0.39, 0.29) is 0 Å². The van der Waals surface area contributed by atoms with Crippen molar-refractivity contribution in [1.82, 2.24) is 5.32 Å². The Kier molecular flexibility index (Phi) is 2.61. The van der Waals surface area contributed by atoms with E-state index in [4.69, 9.17) is 0 Å². The second-order valence-electron chi connectivity index (χ2n) is 3.57. The van der Waals surface area contributed by atoms with Gasteiger partial charge in [-0.1, -0.05) is 19.1 Å². The highest BCUT2D eigenvalue weighted by molar-refractivity contribution is 7.98. The SMILES string of the molecule is CSc1cccc2c1C(C)CNC2. The lowest BCUT2D eigenvalue weighted by atomic mass is 9.92. The van der Waals surface area contributed by atoms with Crippen LogP contribution in [0.5, 0.6) is 0 Å². The van der Waals surface area contributed by atoms with Gasteiger partial charge < -0.3 is 5.32 Å². The lowest BCUT2D eigenvalue weighted by Gasteiger charge is -2.25. The molecule has 0 radical (unpaired) electrons. The summed E-state index contributed by atoms with van der Waals surface area (Å²) < 4.78 is 0. The predicted molar refractivity (Wildman–Crippen MR) is 58.3 cm³/mol. The third-order valence-corrected chi connectivity index (χ3v) is 3.43. The monoisotopic (exact) mass is 193 g/mol. The lowest BCUT2D eigenvalue weighted by Crippen LogP contribution is -2.27. The number of hydrogen-bond donors (Lipinski definition) is 1. The molecule has 0 saturated heterocycles. The first kappa shape index (κ1) is 9.10. The number of nitrogens with one attached hydrogen (secondary N) is 1. The zero-order chi connectivity index (χ0) is 9.26. The fourth-order valence-corrected chi connectivity index (χ4v) is 2.77. The average Bonchev–Trinajstić information content (AvgIpc) is 2.17. The maximum absolute atomic E-state index is 3.43. The summed E-state index contributed by atoms with van der Waals surface area (Å²) in [5, 5.41) is 3.43. The van der Waals surface area contributed by atoms with Gasteiger partial charge in [-0.3, -0.25) is 0 Å². The molecule has 1 aromatic rings. The molecular weight excluding hydrogens is 178 g/mol. The van der Waals surface area contributed by atoms with Gasteiger partial charge in [-0.15, -0.1) is 11.8 Å². The maximum atomic E-state index is 3.43. The molecular formula is C11H15NS. The number of hydrogen-bond acceptors (Lipinski definition) is 2. The van der Waals surface area contributed by atoms with E-state index in [0.717, 1.165) is 13.1 Å². The number of rotatable bonds is 1. The minimum Gasteiger partial charge on any atom is -0.312 e. The highest BCUT2D eigenvalue weighted by atomic mass is 32.2. The molecule has 70 valence electrons. The van der Waals surface area contributed by atoms with Gasteiger partial charge in [0.1, 0.15) is 0 Å². The third kappa shape index (κ3) is 1.61. The summed E-state index contributed by atoms with van der Waals surface area (Å²) in [6.07, 6.45) is 2.16. The van der Waals surface area contributed by atoms with Crippen LogP contribution >= 0.6 is 11.8 Å². The highest BCUT2D eigenvalue weighted by Crippen LogP contribution is 2.32. The Bertz CT molecular complexity index is 295. The Morgan fingerprint density at radius 3 is 3.08 bits per heavy atom. The first-order valence-corrected chi connectivity index (χ1v) is 5.92. The van der Waals surface area contributed by atoms with Crippen LogP contribution in [0, 0.1) is 0 Å². The van der Waals surface area contributed by atoms with Gasteiger partial charge in [0.15, 0.2) is 0 Å². The standard InChI is InChI=1S/C11H15NS/c1-8-6-12-7-9-4-3-5-10(13-2)11(8)9/h3-5,8,12H,6-7H2,1-2H3. The minimum absolute atomic E-state index is 0.660. The van der Waals surface area contributed by atoms with Crippen molar-refractivity contribution in [2.75, 3.05) is 12.8 Å². The second kappa shape index (κ2) is 3.72. The van der Waals surface area contributed by atoms with Gasteiger partial charge in [0.2, 0.25) is 0 Å². The van der Waals surface area contributed by atoms with Crippen molar-refractivity contribution in [3.63, 3.8) is 0 Å². The number of thioether (sulfide) groups is 1. The third-order valence-electron chi connectivity index (χ3n) is 2.64.